The van der Waals surface area contributed by atoms with Crippen LogP contribution in [0.15, 0.2) is 71.8 Å². The normalized spacial score (nSPS) is 11.0. The number of pyridine rings is 1. The van der Waals surface area contributed by atoms with Crippen molar-refractivity contribution in [3.63, 3.8) is 0 Å². The number of nitrogen functional groups attached to an aromatic ring is 1. The number of anilines is 3. The zero-order valence-electron chi connectivity index (χ0n) is 15.0. The fraction of sp³-hybridized carbons (Fsp3) is 0. The molecule has 4 heterocycles. The van der Waals surface area contributed by atoms with Crippen LogP contribution in [0.4, 0.5) is 17.5 Å². The van der Waals surface area contributed by atoms with E-state index in [0.29, 0.717) is 23.2 Å². The highest BCUT2D eigenvalue weighted by molar-refractivity contribution is 5.93. The van der Waals surface area contributed by atoms with Crippen molar-refractivity contribution < 1.29 is 0 Å². The van der Waals surface area contributed by atoms with Crippen molar-refractivity contribution in [1.82, 2.24) is 29.5 Å². The molecule has 140 valence electrons. The lowest BCUT2D eigenvalue weighted by Gasteiger charge is -2.07. The van der Waals surface area contributed by atoms with Gasteiger partial charge in [-0.25, -0.2) is 19.9 Å². The number of nitrogens with zero attached hydrogens (tertiary/aromatic N) is 6. The van der Waals surface area contributed by atoms with Crippen LogP contribution in [0.1, 0.15) is 0 Å². The van der Waals surface area contributed by atoms with Crippen LogP contribution < -0.4 is 16.6 Å². The van der Waals surface area contributed by atoms with Gasteiger partial charge in [0.15, 0.2) is 11.5 Å². The molecule has 0 radical (unpaired) electrons. The topological polar surface area (TPSA) is 124 Å². The second kappa shape index (κ2) is 6.64. The van der Waals surface area contributed by atoms with E-state index in [1.807, 2.05) is 24.3 Å². The van der Waals surface area contributed by atoms with E-state index >= 15 is 0 Å². The van der Waals surface area contributed by atoms with E-state index < -0.39 is 5.56 Å². The van der Waals surface area contributed by atoms with E-state index in [1.54, 1.807) is 41.0 Å². The van der Waals surface area contributed by atoms with Gasteiger partial charge >= 0.3 is 0 Å². The van der Waals surface area contributed by atoms with Crippen LogP contribution in [0, 0.1) is 0 Å². The van der Waals surface area contributed by atoms with Gasteiger partial charge < -0.3 is 11.1 Å². The third-order valence-corrected chi connectivity index (χ3v) is 4.35. The molecule has 0 aliphatic carbocycles. The zero-order chi connectivity index (χ0) is 19.8. The second-order valence-corrected chi connectivity index (χ2v) is 6.27. The van der Waals surface area contributed by atoms with Gasteiger partial charge in [-0.15, -0.1) is 5.10 Å². The Morgan fingerprint density at radius 3 is 2.66 bits per heavy atom. The first kappa shape index (κ1) is 16.8. The summed E-state index contributed by atoms with van der Waals surface area (Å²) in [5.74, 6) is 1.24. The molecule has 5 rings (SSSR count). The van der Waals surface area contributed by atoms with E-state index in [0.717, 1.165) is 16.5 Å². The minimum atomic E-state index is -0.402. The Morgan fingerprint density at radius 2 is 1.79 bits per heavy atom. The molecule has 0 aliphatic rings. The average molecular weight is 382 g/mol. The van der Waals surface area contributed by atoms with Gasteiger partial charge in [-0.2, -0.15) is 4.52 Å². The van der Waals surface area contributed by atoms with Crippen molar-refractivity contribution in [2.45, 2.75) is 0 Å². The number of fused-ring (bicyclic) bond motifs is 3. The number of benzene rings is 1. The van der Waals surface area contributed by atoms with E-state index in [4.69, 9.17) is 5.73 Å². The summed E-state index contributed by atoms with van der Waals surface area (Å²) >= 11 is 0. The molecule has 0 unspecified atom stereocenters. The van der Waals surface area contributed by atoms with Gasteiger partial charge in [0.25, 0.3) is 5.56 Å². The van der Waals surface area contributed by atoms with Crippen molar-refractivity contribution in [3.8, 4) is 11.4 Å². The maximum Gasteiger partial charge on any atom is 0.293 e. The van der Waals surface area contributed by atoms with Gasteiger partial charge in [-0.05, 0) is 36.4 Å². The maximum atomic E-state index is 12.2. The first-order valence-corrected chi connectivity index (χ1v) is 8.79. The minimum Gasteiger partial charge on any atom is -0.384 e. The molecule has 0 spiro atoms. The highest BCUT2D eigenvalue weighted by Gasteiger charge is 2.15. The lowest BCUT2D eigenvalue weighted by Crippen LogP contribution is -2.11. The Bertz CT molecular complexity index is 1410. The molecule has 0 atom stereocenters. The number of para-hydroxylation sites is 1. The molecule has 3 N–H and O–H groups in total. The van der Waals surface area contributed by atoms with Crippen molar-refractivity contribution in [1.29, 1.82) is 0 Å². The van der Waals surface area contributed by atoms with E-state index in [1.165, 1.54) is 6.20 Å². The maximum absolute atomic E-state index is 12.2. The number of hydrogen-bond donors (Lipinski definition) is 2. The third-order valence-electron chi connectivity index (χ3n) is 4.35. The van der Waals surface area contributed by atoms with Crippen LogP contribution in [0.2, 0.25) is 0 Å². The number of aromatic nitrogens is 6. The fourth-order valence-corrected chi connectivity index (χ4v) is 2.97. The Hall–Kier alpha value is -4.40. The van der Waals surface area contributed by atoms with Crippen LogP contribution in [0.25, 0.3) is 27.9 Å². The van der Waals surface area contributed by atoms with Crippen LogP contribution in [-0.2, 0) is 0 Å². The molecule has 0 bridgehead atoms. The summed E-state index contributed by atoms with van der Waals surface area (Å²) in [4.78, 5) is 29.5. The van der Waals surface area contributed by atoms with Gasteiger partial charge in [-0.1, -0.05) is 18.2 Å². The summed E-state index contributed by atoms with van der Waals surface area (Å²) in [5.41, 5.74) is 7.60. The Morgan fingerprint density at radius 1 is 0.931 bits per heavy atom. The largest absolute Gasteiger partial charge is 0.384 e. The molecular weight excluding hydrogens is 368 g/mol. The van der Waals surface area contributed by atoms with Crippen LogP contribution in [0.5, 0.6) is 0 Å². The number of rotatable bonds is 3. The first-order valence-electron chi connectivity index (χ1n) is 8.79. The Balaban J connectivity index is 1.75. The predicted molar refractivity (Wildman–Crippen MR) is 110 cm³/mol. The fourth-order valence-electron chi connectivity index (χ4n) is 2.97. The third kappa shape index (κ3) is 3.00. The van der Waals surface area contributed by atoms with Gasteiger partial charge in [0, 0.05) is 23.3 Å². The lowest BCUT2D eigenvalue weighted by molar-refractivity contribution is 0.947. The molecule has 0 fully saturated rings. The molecule has 9 nitrogen and oxygen atoms in total. The Labute approximate surface area is 163 Å². The van der Waals surface area contributed by atoms with Crippen LogP contribution in [-0.4, -0.2) is 29.5 Å². The highest BCUT2D eigenvalue weighted by atomic mass is 16.1. The smallest absolute Gasteiger partial charge is 0.293 e. The van der Waals surface area contributed by atoms with Gasteiger partial charge in [0.1, 0.15) is 11.5 Å². The summed E-state index contributed by atoms with van der Waals surface area (Å²) in [7, 11) is 0. The van der Waals surface area contributed by atoms with Gasteiger partial charge in [0.2, 0.25) is 5.95 Å². The standard InChI is InChI=1S/C20H14N8O/c21-16-9-8-12(11-23-16)17-26-18-13-5-1-2-6-14(13)24-20(28(18)27-17)25-15-7-3-4-10-22-19(15)29/h1-11H,(H2,21,23)(H,22,24,25,29). The number of hydrogen-bond acceptors (Lipinski definition) is 8. The lowest BCUT2D eigenvalue weighted by atomic mass is 10.2. The molecule has 0 saturated heterocycles. The summed E-state index contributed by atoms with van der Waals surface area (Å²) < 4.78 is 1.57. The predicted octanol–water partition coefficient (Wildman–Crippen LogP) is 2.42. The van der Waals surface area contributed by atoms with Crippen molar-refractivity contribution in [2.75, 3.05) is 11.1 Å². The minimum absolute atomic E-state index is 0.283. The number of nitrogens with two attached hydrogens (primary N) is 1. The SMILES string of the molecule is Nc1ccc(-c2nc3c4ccccc4nc(Nc4ccccnc4=O)n3n2)cn1. The van der Waals surface area contributed by atoms with Gasteiger partial charge in [-0.3, -0.25) is 4.79 Å². The molecule has 4 aromatic heterocycles. The molecule has 9 heteroatoms. The van der Waals surface area contributed by atoms with Crippen molar-refractivity contribution in [2.24, 2.45) is 0 Å². The number of nitrogens with one attached hydrogen (secondary N) is 1. The van der Waals surface area contributed by atoms with Crippen LogP contribution in [0.3, 0.4) is 0 Å². The summed E-state index contributed by atoms with van der Waals surface area (Å²) in [6.07, 6.45) is 3.06. The second-order valence-electron chi connectivity index (χ2n) is 6.27. The summed E-state index contributed by atoms with van der Waals surface area (Å²) in [6.45, 7) is 0. The summed E-state index contributed by atoms with van der Waals surface area (Å²) in [6, 6.07) is 16.1. The first-order chi connectivity index (χ1) is 14.2. The van der Waals surface area contributed by atoms with Crippen molar-refractivity contribution >= 4 is 34.0 Å². The molecular formula is C20H14N8O. The molecule has 5 aromatic rings. The van der Waals surface area contributed by atoms with E-state index in [2.05, 4.69) is 30.4 Å². The van der Waals surface area contributed by atoms with Crippen LogP contribution >= 0.6 is 0 Å². The molecule has 0 saturated carbocycles. The summed E-state index contributed by atoms with van der Waals surface area (Å²) in [5, 5.41) is 8.45. The van der Waals surface area contributed by atoms with Crippen molar-refractivity contribution in [3.05, 3.63) is 77.3 Å². The molecule has 1 aromatic carbocycles. The Kier molecular flexibility index (Phi) is 3.84. The zero-order valence-corrected chi connectivity index (χ0v) is 15.0. The van der Waals surface area contributed by atoms with Gasteiger partial charge in [0.05, 0.1) is 5.52 Å². The highest BCUT2D eigenvalue weighted by Crippen LogP contribution is 2.25. The average Bonchev–Trinajstić information content (AvgIpc) is 3.09. The quantitative estimate of drug-likeness (QED) is 0.487. The monoisotopic (exact) mass is 382 g/mol. The molecule has 0 aliphatic heterocycles. The molecule has 0 amide bonds. The van der Waals surface area contributed by atoms with E-state index in [9.17, 15) is 4.79 Å². The van der Waals surface area contributed by atoms with E-state index in [-0.39, 0.29) is 5.69 Å². The molecule has 29 heavy (non-hydrogen) atoms.